The molecule has 0 aliphatic heterocycles. The van der Waals surface area contributed by atoms with Crippen molar-refractivity contribution < 1.29 is 4.74 Å². The summed E-state index contributed by atoms with van der Waals surface area (Å²) in [5.41, 5.74) is 12.2. The molecule has 0 atom stereocenters. The third-order valence-electron chi connectivity index (χ3n) is 5.02. The Bertz CT molecular complexity index is 1180. The van der Waals surface area contributed by atoms with Crippen LogP contribution in [0.5, 0.6) is 5.75 Å². The molecule has 0 spiro atoms. The molecule has 5 heteroatoms. The monoisotopic (exact) mass is 398 g/mol. The summed E-state index contributed by atoms with van der Waals surface area (Å²) in [5.74, 6) is 1.24. The zero-order valence-electron chi connectivity index (χ0n) is 17.8. The average Bonchev–Trinajstić information content (AvgIpc) is 2.73. The normalized spacial score (nSPS) is 11.6. The predicted molar refractivity (Wildman–Crippen MR) is 122 cm³/mol. The van der Waals surface area contributed by atoms with Crippen LogP contribution < -0.4 is 10.5 Å². The van der Waals surface area contributed by atoms with E-state index in [1.165, 1.54) is 11.9 Å². The van der Waals surface area contributed by atoms with Crippen LogP contribution in [0.25, 0.3) is 33.4 Å². The summed E-state index contributed by atoms with van der Waals surface area (Å²) in [6.07, 6.45) is 2.48. The van der Waals surface area contributed by atoms with Crippen LogP contribution in [0.4, 0.5) is 5.82 Å². The van der Waals surface area contributed by atoms with Crippen molar-refractivity contribution in [3.63, 3.8) is 0 Å². The molecule has 0 fully saturated rings. The first-order valence-corrected chi connectivity index (χ1v) is 9.99. The summed E-state index contributed by atoms with van der Waals surface area (Å²) in [6, 6.07) is 18.5. The maximum Gasteiger partial charge on any atom is 0.165 e. The molecule has 2 heterocycles. The Morgan fingerprint density at radius 2 is 1.57 bits per heavy atom. The van der Waals surface area contributed by atoms with E-state index < -0.39 is 0 Å². The molecular weight excluding hydrogens is 372 g/mol. The van der Waals surface area contributed by atoms with Crippen molar-refractivity contribution >= 4 is 16.9 Å². The number of hydrogen-bond acceptors (Lipinski definition) is 5. The van der Waals surface area contributed by atoms with Crippen molar-refractivity contribution in [3.8, 4) is 28.1 Å². The minimum absolute atomic E-state index is 0.241. The summed E-state index contributed by atoms with van der Waals surface area (Å²) >= 11 is 0. The SMILES string of the molecule is COc1ccc(-c2cc(-c3ccc(CC(C)(C)C)cc3)c3c(N)ncnc3n2)cc1. The van der Waals surface area contributed by atoms with E-state index in [1.54, 1.807) is 7.11 Å². The summed E-state index contributed by atoms with van der Waals surface area (Å²) in [5, 5.41) is 0.776. The van der Waals surface area contributed by atoms with Crippen LogP contribution in [0.2, 0.25) is 0 Å². The first kappa shape index (κ1) is 19.8. The maximum atomic E-state index is 6.23. The first-order chi connectivity index (χ1) is 14.3. The van der Waals surface area contributed by atoms with Crippen LogP contribution in [-0.2, 0) is 6.42 Å². The van der Waals surface area contributed by atoms with Crippen molar-refractivity contribution in [2.45, 2.75) is 27.2 Å². The Kier molecular flexibility index (Phi) is 5.12. The van der Waals surface area contributed by atoms with E-state index in [1.807, 2.05) is 24.3 Å². The average molecular weight is 399 g/mol. The van der Waals surface area contributed by atoms with E-state index in [4.69, 9.17) is 15.5 Å². The fraction of sp³-hybridized carbons (Fsp3) is 0.240. The minimum atomic E-state index is 0.241. The molecule has 0 radical (unpaired) electrons. The number of benzene rings is 2. The van der Waals surface area contributed by atoms with Crippen LogP contribution in [0.1, 0.15) is 26.3 Å². The molecule has 0 unspecified atom stereocenters. The molecule has 0 aliphatic rings. The van der Waals surface area contributed by atoms with Gasteiger partial charge in [0.1, 0.15) is 17.9 Å². The second-order valence-corrected chi connectivity index (χ2v) is 8.68. The van der Waals surface area contributed by atoms with Gasteiger partial charge in [-0.2, -0.15) is 0 Å². The van der Waals surface area contributed by atoms with Gasteiger partial charge < -0.3 is 10.5 Å². The van der Waals surface area contributed by atoms with E-state index in [0.717, 1.165) is 39.9 Å². The van der Waals surface area contributed by atoms with Gasteiger partial charge in [0.15, 0.2) is 5.65 Å². The van der Waals surface area contributed by atoms with E-state index in [-0.39, 0.29) is 5.41 Å². The number of ether oxygens (including phenoxy) is 1. The van der Waals surface area contributed by atoms with Gasteiger partial charge in [-0.3, -0.25) is 0 Å². The number of aromatic nitrogens is 3. The molecule has 0 saturated heterocycles. The van der Waals surface area contributed by atoms with Crippen molar-refractivity contribution in [2.75, 3.05) is 12.8 Å². The van der Waals surface area contributed by atoms with E-state index >= 15 is 0 Å². The van der Waals surface area contributed by atoms with Crippen LogP contribution in [-0.4, -0.2) is 22.1 Å². The molecule has 2 aromatic heterocycles. The maximum absolute atomic E-state index is 6.23. The number of nitrogens with two attached hydrogens (primary N) is 1. The molecule has 0 bridgehead atoms. The lowest BCUT2D eigenvalue weighted by molar-refractivity contribution is 0.411. The molecule has 0 aliphatic carbocycles. The summed E-state index contributed by atoms with van der Waals surface area (Å²) < 4.78 is 5.27. The van der Waals surface area contributed by atoms with E-state index in [0.29, 0.717) is 11.5 Å². The smallest absolute Gasteiger partial charge is 0.165 e. The van der Waals surface area contributed by atoms with Gasteiger partial charge in [-0.25, -0.2) is 15.0 Å². The highest BCUT2D eigenvalue weighted by molar-refractivity contribution is 6.00. The Morgan fingerprint density at radius 1 is 0.900 bits per heavy atom. The van der Waals surface area contributed by atoms with Gasteiger partial charge in [-0.15, -0.1) is 0 Å². The van der Waals surface area contributed by atoms with Gasteiger partial charge in [0.05, 0.1) is 18.2 Å². The van der Waals surface area contributed by atoms with Crippen LogP contribution in [0, 0.1) is 5.41 Å². The molecule has 5 nitrogen and oxygen atoms in total. The topological polar surface area (TPSA) is 73.9 Å². The Morgan fingerprint density at radius 3 is 2.20 bits per heavy atom. The van der Waals surface area contributed by atoms with Crippen molar-refractivity contribution in [3.05, 3.63) is 66.5 Å². The molecule has 0 saturated carbocycles. The molecule has 152 valence electrons. The van der Waals surface area contributed by atoms with Gasteiger partial charge in [-0.05, 0) is 58.9 Å². The lowest BCUT2D eigenvalue weighted by Gasteiger charge is -2.18. The molecule has 4 rings (SSSR count). The summed E-state index contributed by atoms with van der Waals surface area (Å²) in [6.45, 7) is 6.74. The highest BCUT2D eigenvalue weighted by Crippen LogP contribution is 2.34. The van der Waals surface area contributed by atoms with Gasteiger partial charge in [0.25, 0.3) is 0 Å². The lowest BCUT2D eigenvalue weighted by atomic mass is 9.87. The Balaban J connectivity index is 1.85. The largest absolute Gasteiger partial charge is 0.497 e. The number of methoxy groups -OCH3 is 1. The number of hydrogen-bond donors (Lipinski definition) is 1. The fourth-order valence-electron chi connectivity index (χ4n) is 3.64. The standard InChI is InChI=1S/C25H26N4O/c1-25(2,3)14-16-5-7-17(8-6-16)20-13-21(18-9-11-19(30-4)12-10-18)29-24-22(20)23(26)27-15-28-24/h5-13,15H,14H2,1-4H3,(H2,26,27,28,29). The second-order valence-electron chi connectivity index (χ2n) is 8.68. The third kappa shape index (κ3) is 4.10. The fourth-order valence-corrected chi connectivity index (χ4v) is 3.64. The summed E-state index contributed by atoms with van der Waals surface area (Å²) in [7, 11) is 1.66. The lowest BCUT2D eigenvalue weighted by Crippen LogP contribution is -2.08. The Labute approximate surface area is 177 Å². The zero-order chi connectivity index (χ0) is 21.3. The van der Waals surface area contributed by atoms with Gasteiger partial charge in [0, 0.05) is 5.56 Å². The van der Waals surface area contributed by atoms with Crippen molar-refractivity contribution in [1.82, 2.24) is 15.0 Å². The first-order valence-electron chi connectivity index (χ1n) is 9.99. The highest BCUT2D eigenvalue weighted by Gasteiger charge is 2.15. The number of nitrogens with zero attached hydrogens (tertiary/aromatic N) is 3. The third-order valence-corrected chi connectivity index (χ3v) is 5.02. The number of pyridine rings is 1. The van der Waals surface area contributed by atoms with Crippen molar-refractivity contribution in [2.24, 2.45) is 5.41 Å². The number of anilines is 1. The van der Waals surface area contributed by atoms with Gasteiger partial charge in [-0.1, -0.05) is 45.0 Å². The zero-order valence-corrected chi connectivity index (χ0v) is 17.8. The van der Waals surface area contributed by atoms with E-state index in [9.17, 15) is 0 Å². The number of rotatable bonds is 4. The number of fused-ring (bicyclic) bond motifs is 1. The van der Waals surface area contributed by atoms with Crippen LogP contribution in [0.3, 0.4) is 0 Å². The Hall–Kier alpha value is -3.47. The van der Waals surface area contributed by atoms with Gasteiger partial charge in [0.2, 0.25) is 0 Å². The molecule has 2 N–H and O–H groups in total. The molecule has 2 aromatic carbocycles. The van der Waals surface area contributed by atoms with Gasteiger partial charge >= 0.3 is 0 Å². The van der Waals surface area contributed by atoms with Crippen LogP contribution >= 0.6 is 0 Å². The molecule has 30 heavy (non-hydrogen) atoms. The van der Waals surface area contributed by atoms with Crippen molar-refractivity contribution in [1.29, 1.82) is 0 Å². The second kappa shape index (κ2) is 7.75. The molecule has 0 amide bonds. The van der Waals surface area contributed by atoms with E-state index in [2.05, 4.69) is 61.1 Å². The molecule has 4 aromatic rings. The quantitative estimate of drug-likeness (QED) is 0.489. The highest BCUT2D eigenvalue weighted by atomic mass is 16.5. The predicted octanol–water partition coefficient (Wildman–Crippen LogP) is 5.54. The van der Waals surface area contributed by atoms with Crippen LogP contribution in [0.15, 0.2) is 60.9 Å². The summed E-state index contributed by atoms with van der Waals surface area (Å²) in [4.78, 5) is 13.3. The molecular formula is C25H26N4O. The minimum Gasteiger partial charge on any atom is -0.497 e. The number of nitrogen functional groups attached to an aromatic ring is 1.